The molecular formula is C15H27N3. The summed E-state index contributed by atoms with van der Waals surface area (Å²) in [5.41, 5.74) is 2.03. The first-order valence-corrected chi connectivity index (χ1v) is 7.19. The summed E-state index contributed by atoms with van der Waals surface area (Å²) in [5, 5.41) is 16.1. The summed E-state index contributed by atoms with van der Waals surface area (Å²) >= 11 is 0. The molecule has 1 heterocycles. The van der Waals surface area contributed by atoms with E-state index >= 15 is 0 Å². The summed E-state index contributed by atoms with van der Waals surface area (Å²) in [7, 11) is 2.08. The first kappa shape index (κ1) is 15.1. The van der Waals surface area contributed by atoms with Gasteiger partial charge in [0.1, 0.15) is 0 Å². The van der Waals surface area contributed by atoms with Crippen molar-refractivity contribution >= 4 is 11.4 Å². The minimum Gasteiger partial charge on any atom is -0.303 e. The van der Waals surface area contributed by atoms with Crippen LogP contribution in [-0.2, 0) is 0 Å². The summed E-state index contributed by atoms with van der Waals surface area (Å²) in [6, 6.07) is 0. The van der Waals surface area contributed by atoms with E-state index in [1.165, 1.54) is 25.7 Å². The molecule has 1 aliphatic rings. The maximum atomic E-state index is 8.08. The van der Waals surface area contributed by atoms with E-state index < -0.39 is 0 Å². The van der Waals surface area contributed by atoms with E-state index in [4.69, 9.17) is 10.8 Å². The van der Waals surface area contributed by atoms with Crippen molar-refractivity contribution in [1.82, 2.24) is 4.90 Å². The molecule has 1 rings (SSSR count). The van der Waals surface area contributed by atoms with Gasteiger partial charge in [-0.15, -0.1) is 0 Å². The summed E-state index contributed by atoms with van der Waals surface area (Å²) in [6.45, 7) is 4.11. The topological polar surface area (TPSA) is 50.9 Å². The van der Waals surface area contributed by atoms with E-state index in [0.717, 1.165) is 37.9 Å². The highest BCUT2D eigenvalue weighted by Gasteiger charge is 2.15. The molecule has 0 aromatic heterocycles. The van der Waals surface area contributed by atoms with Gasteiger partial charge in [0.2, 0.25) is 0 Å². The van der Waals surface area contributed by atoms with Crippen LogP contribution in [0.4, 0.5) is 0 Å². The lowest BCUT2D eigenvalue weighted by atomic mass is 9.98. The van der Waals surface area contributed by atoms with Gasteiger partial charge in [0.15, 0.2) is 0 Å². The van der Waals surface area contributed by atoms with Crippen LogP contribution in [0.1, 0.15) is 51.9 Å². The van der Waals surface area contributed by atoms with Crippen molar-refractivity contribution in [3.63, 3.8) is 0 Å². The van der Waals surface area contributed by atoms with Gasteiger partial charge in [-0.05, 0) is 31.9 Å². The first-order chi connectivity index (χ1) is 8.65. The van der Waals surface area contributed by atoms with Crippen LogP contribution in [0.3, 0.4) is 0 Å². The Kier molecular flexibility index (Phi) is 6.88. The quantitative estimate of drug-likeness (QED) is 0.500. The minimum atomic E-state index is 0.469. The maximum absolute atomic E-state index is 8.08. The molecule has 3 nitrogen and oxygen atoms in total. The second kappa shape index (κ2) is 8.20. The Morgan fingerprint density at radius 2 is 1.94 bits per heavy atom. The van der Waals surface area contributed by atoms with E-state index in [-0.39, 0.29) is 0 Å². The molecule has 0 radical (unpaired) electrons. The van der Waals surface area contributed by atoms with Crippen molar-refractivity contribution in [1.29, 1.82) is 10.8 Å². The molecule has 0 amide bonds. The fourth-order valence-electron chi connectivity index (χ4n) is 2.30. The van der Waals surface area contributed by atoms with E-state index in [0.29, 0.717) is 11.4 Å². The van der Waals surface area contributed by atoms with Gasteiger partial charge in [0, 0.05) is 13.1 Å². The zero-order valence-corrected chi connectivity index (χ0v) is 11.9. The molecular weight excluding hydrogens is 222 g/mol. The molecule has 1 aliphatic heterocycles. The van der Waals surface area contributed by atoms with Gasteiger partial charge in [-0.2, -0.15) is 0 Å². The lowest BCUT2D eigenvalue weighted by Crippen LogP contribution is -2.30. The second-order valence-electron chi connectivity index (χ2n) is 5.27. The highest BCUT2D eigenvalue weighted by Crippen LogP contribution is 2.12. The van der Waals surface area contributed by atoms with Crippen molar-refractivity contribution < 1.29 is 0 Å². The van der Waals surface area contributed by atoms with E-state index in [2.05, 4.69) is 24.9 Å². The first-order valence-electron chi connectivity index (χ1n) is 7.19. The molecule has 0 unspecified atom stereocenters. The Hall–Kier alpha value is -0.960. The van der Waals surface area contributed by atoms with Crippen molar-refractivity contribution in [2.45, 2.75) is 51.9 Å². The molecule has 0 spiro atoms. The van der Waals surface area contributed by atoms with Gasteiger partial charge in [-0.3, -0.25) is 5.41 Å². The number of hydrogen-bond acceptors (Lipinski definition) is 3. The predicted octanol–water partition coefficient (Wildman–Crippen LogP) is 3.65. The van der Waals surface area contributed by atoms with Crippen molar-refractivity contribution in [3.05, 3.63) is 11.6 Å². The number of rotatable bonds is 8. The molecule has 0 saturated heterocycles. The smallest absolute Gasteiger partial charge is 0.0789 e. The number of nitrogens with zero attached hydrogens (tertiary/aromatic N) is 1. The minimum absolute atomic E-state index is 0.469. The molecule has 0 atom stereocenters. The summed E-state index contributed by atoms with van der Waals surface area (Å²) in [6.07, 6.45) is 9.98. The van der Waals surface area contributed by atoms with Crippen LogP contribution >= 0.6 is 0 Å². The van der Waals surface area contributed by atoms with E-state index in [1.807, 2.05) is 0 Å². The molecule has 3 heteroatoms. The van der Waals surface area contributed by atoms with Crippen LogP contribution in [0, 0.1) is 10.8 Å². The zero-order valence-electron chi connectivity index (χ0n) is 11.9. The highest BCUT2D eigenvalue weighted by atomic mass is 15.1. The molecule has 0 aromatic carbocycles. The molecule has 0 aliphatic carbocycles. The third-order valence-corrected chi connectivity index (χ3v) is 3.50. The SMILES string of the molecule is CCCCCCCC(=N)C(=N)C1=CCCN(C)C1. The fraction of sp³-hybridized carbons (Fsp3) is 0.733. The van der Waals surface area contributed by atoms with Crippen LogP contribution in [0.25, 0.3) is 0 Å². The maximum Gasteiger partial charge on any atom is 0.0789 e. The average Bonchev–Trinajstić information content (AvgIpc) is 2.37. The van der Waals surface area contributed by atoms with Gasteiger partial charge in [-0.1, -0.05) is 38.7 Å². The number of unbranched alkanes of at least 4 members (excludes halogenated alkanes) is 4. The molecule has 0 saturated carbocycles. The normalized spacial score (nSPS) is 16.4. The Morgan fingerprint density at radius 3 is 2.61 bits per heavy atom. The summed E-state index contributed by atoms with van der Waals surface area (Å²) in [4.78, 5) is 2.22. The van der Waals surface area contributed by atoms with Crippen LogP contribution in [0.15, 0.2) is 11.6 Å². The van der Waals surface area contributed by atoms with Gasteiger partial charge < -0.3 is 10.3 Å². The van der Waals surface area contributed by atoms with Crippen molar-refractivity contribution in [2.24, 2.45) is 0 Å². The number of likely N-dealkylation sites (N-methyl/N-ethyl adjacent to an activating group) is 1. The largest absolute Gasteiger partial charge is 0.303 e. The van der Waals surface area contributed by atoms with Gasteiger partial charge in [0.05, 0.1) is 11.4 Å². The molecule has 18 heavy (non-hydrogen) atoms. The van der Waals surface area contributed by atoms with Crippen LogP contribution in [0.2, 0.25) is 0 Å². The van der Waals surface area contributed by atoms with E-state index in [1.54, 1.807) is 0 Å². The Balaban J connectivity index is 2.28. The standard InChI is InChI=1S/C15H27N3/c1-3-4-5-6-7-10-14(16)15(17)13-9-8-11-18(2)12-13/h9,16-17H,3-8,10-12H2,1-2H3. The van der Waals surface area contributed by atoms with Gasteiger partial charge in [-0.25, -0.2) is 0 Å². The van der Waals surface area contributed by atoms with Crippen LogP contribution in [-0.4, -0.2) is 36.5 Å². The molecule has 0 aromatic rings. The van der Waals surface area contributed by atoms with Gasteiger partial charge >= 0.3 is 0 Å². The lowest BCUT2D eigenvalue weighted by Gasteiger charge is -2.23. The average molecular weight is 249 g/mol. The third-order valence-electron chi connectivity index (χ3n) is 3.50. The fourth-order valence-corrected chi connectivity index (χ4v) is 2.30. The molecule has 2 N–H and O–H groups in total. The van der Waals surface area contributed by atoms with Crippen molar-refractivity contribution in [2.75, 3.05) is 20.1 Å². The van der Waals surface area contributed by atoms with Crippen LogP contribution < -0.4 is 0 Å². The molecule has 0 fully saturated rings. The highest BCUT2D eigenvalue weighted by molar-refractivity contribution is 6.46. The Labute approximate surface area is 111 Å². The van der Waals surface area contributed by atoms with Crippen LogP contribution in [0.5, 0.6) is 0 Å². The molecule has 0 bridgehead atoms. The molecule has 102 valence electrons. The lowest BCUT2D eigenvalue weighted by molar-refractivity contribution is 0.360. The van der Waals surface area contributed by atoms with Crippen molar-refractivity contribution in [3.8, 4) is 0 Å². The Bertz CT molecular complexity index is 318. The Morgan fingerprint density at radius 1 is 1.22 bits per heavy atom. The number of hydrogen-bond donors (Lipinski definition) is 2. The van der Waals surface area contributed by atoms with E-state index in [9.17, 15) is 0 Å². The second-order valence-corrected chi connectivity index (χ2v) is 5.27. The third kappa shape index (κ3) is 5.13. The predicted molar refractivity (Wildman–Crippen MR) is 79.0 cm³/mol. The summed E-state index contributed by atoms with van der Waals surface area (Å²) in [5.74, 6) is 0. The number of nitrogens with one attached hydrogen (secondary N) is 2. The zero-order chi connectivity index (χ0) is 13.4. The monoisotopic (exact) mass is 249 g/mol. The van der Waals surface area contributed by atoms with Gasteiger partial charge in [0.25, 0.3) is 0 Å². The summed E-state index contributed by atoms with van der Waals surface area (Å²) < 4.78 is 0.